The Hall–Kier alpha value is -3.22. The molecule has 3 aliphatic rings. The molecule has 2 amide bonds. The summed E-state index contributed by atoms with van der Waals surface area (Å²) in [6.07, 6.45) is 4.22. The second-order valence-electron chi connectivity index (χ2n) is 7.88. The van der Waals surface area contributed by atoms with Gasteiger partial charge in [0.05, 0.1) is 5.69 Å². The summed E-state index contributed by atoms with van der Waals surface area (Å²) in [6, 6.07) is 13.3. The number of rotatable bonds is 5. The third-order valence-corrected chi connectivity index (χ3v) is 5.98. The molecular weight excluding hydrogens is 384 g/mol. The molecule has 0 spiro atoms. The van der Waals surface area contributed by atoms with Crippen molar-refractivity contribution in [2.75, 3.05) is 24.8 Å². The zero-order valence-corrected chi connectivity index (χ0v) is 16.7. The van der Waals surface area contributed by atoms with E-state index in [0.29, 0.717) is 23.7 Å². The Morgan fingerprint density at radius 1 is 1.00 bits per heavy atom. The van der Waals surface area contributed by atoms with Crippen molar-refractivity contribution in [2.24, 2.45) is 0 Å². The summed E-state index contributed by atoms with van der Waals surface area (Å²) >= 11 is 0. The highest BCUT2D eigenvalue weighted by atomic mass is 16.7. The average Bonchev–Trinajstić information content (AvgIpc) is 3.45. The number of fused-ring (bicyclic) bond motifs is 2. The zero-order valence-electron chi connectivity index (χ0n) is 16.7. The van der Waals surface area contributed by atoms with E-state index < -0.39 is 0 Å². The Morgan fingerprint density at radius 2 is 1.80 bits per heavy atom. The molecule has 0 N–H and O–H groups in total. The van der Waals surface area contributed by atoms with Gasteiger partial charge in [-0.15, -0.1) is 0 Å². The molecule has 7 nitrogen and oxygen atoms in total. The van der Waals surface area contributed by atoms with Crippen LogP contribution in [0.25, 0.3) is 0 Å². The van der Waals surface area contributed by atoms with Crippen LogP contribution in [0, 0.1) is 0 Å². The van der Waals surface area contributed by atoms with Crippen molar-refractivity contribution < 1.29 is 23.8 Å². The minimum atomic E-state index is -0.198. The summed E-state index contributed by atoms with van der Waals surface area (Å²) < 4.78 is 16.4. The lowest BCUT2D eigenvalue weighted by Crippen LogP contribution is -2.48. The van der Waals surface area contributed by atoms with Gasteiger partial charge in [0.1, 0.15) is 12.3 Å². The first-order valence-electron chi connectivity index (χ1n) is 10.4. The molecule has 0 unspecified atom stereocenters. The maximum Gasteiger partial charge on any atom is 0.265 e. The van der Waals surface area contributed by atoms with Crippen LogP contribution in [-0.4, -0.2) is 42.7 Å². The molecule has 0 atom stereocenters. The molecule has 1 saturated carbocycles. The molecule has 0 radical (unpaired) electrons. The van der Waals surface area contributed by atoms with E-state index >= 15 is 0 Å². The number of anilines is 1. The molecule has 2 aromatic carbocycles. The Balaban J connectivity index is 1.38. The Labute approximate surface area is 175 Å². The van der Waals surface area contributed by atoms with E-state index in [0.717, 1.165) is 37.0 Å². The van der Waals surface area contributed by atoms with Gasteiger partial charge >= 0.3 is 0 Å². The van der Waals surface area contributed by atoms with Crippen molar-refractivity contribution >= 4 is 17.5 Å². The summed E-state index contributed by atoms with van der Waals surface area (Å²) in [5, 5.41) is 0. The predicted octanol–water partition coefficient (Wildman–Crippen LogP) is 3.11. The van der Waals surface area contributed by atoms with Crippen LogP contribution in [0.1, 0.15) is 31.2 Å². The van der Waals surface area contributed by atoms with Gasteiger partial charge in [-0.3, -0.25) is 14.5 Å². The third-order valence-electron chi connectivity index (χ3n) is 5.98. The van der Waals surface area contributed by atoms with Gasteiger partial charge in [0.2, 0.25) is 12.7 Å². The predicted molar refractivity (Wildman–Crippen MR) is 110 cm³/mol. The SMILES string of the molecule is O=C1COc2ccccc2N1CC(=O)N(Cc1ccc2c(c1)OCO2)C1CCCC1. The Morgan fingerprint density at radius 3 is 2.67 bits per heavy atom. The van der Waals surface area contributed by atoms with E-state index in [9.17, 15) is 9.59 Å². The maximum absolute atomic E-state index is 13.4. The fraction of sp³-hybridized carbons (Fsp3) is 0.391. The average molecular weight is 408 g/mol. The smallest absolute Gasteiger partial charge is 0.265 e. The van der Waals surface area contributed by atoms with Crippen LogP contribution in [0.5, 0.6) is 17.2 Å². The molecule has 2 aromatic rings. The number of hydrogen-bond acceptors (Lipinski definition) is 5. The van der Waals surface area contributed by atoms with Crippen molar-refractivity contribution in [1.29, 1.82) is 0 Å². The van der Waals surface area contributed by atoms with Crippen molar-refractivity contribution in [3.05, 3.63) is 48.0 Å². The number of amides is 2. The van der Waals surface area contributed by atoms with Gasteiger partial charge in [-0.1, -0.05) is 31.0 Å². The van der Waals surface area contributed by atoms with Crippen LogP contribution in [0.3, 0.4) is 0 Å². The molecule has 0 saturated heterocycles. The van der Waals surface area contributed by atoms with E-state index in [1.54, 1.807) is 4.90 Å². The summed E-state index contributed by atoms with van der Waals surface area (Å²) in [5.74, 6) is 1.82. The molecule has 1 aliphatic carbocycles. The van der Waals surface area contributed by atoms with Gasteiger partial charge in [-0.2, -0.15) is 0 Å². The van der Waals surface area contributed by atoms with Gasteiger partial charge in [0, 0.05) is 12.6 Å². The second kappa shape index (κ2) is 7.89. The Bertz CT molecular complexity index is 970. The highest BCUT2D eigenvalue weighted by molar-refractivity contribution is 6.02. The molecule has 156 valence electrons. The first-order valence-corrected chi connectivity index (χ1v) is 10.4. The van der Waals surface area contributed by atoms with E-state index in [2.05, 4.69) is 0 Å². The van der Waals surface area contributed by atoms with Crippen molar-refractivity contribution in [3.63, 3.8) is 0 Å². The molecular formula is C23H24N2O5. The van der Waals surface area contributed by atoms with Crippen LogP contribution in [0.4, 0.5) is 5.69 Å². The number of hydrogen-bond donors (Lipinski definition) is 0. The van der Waals surface area contributed by atoms with Crippen molar-refractivity contribution in [1.82, 2.24) is 4.90 Å². The summed E-state index contributed by atoms with van der Waals surface area (Å²) in [7, 11) is 0. The molecule has 1 fully saturated rings. The minimum absolute atomic E-state index is 0.0141. The van der Waals surface area contributed by atoms with Crippen LogP contribution >= 0.6 is 0 Å². The van der Waals surface area contributed by atoms with Crippen LogP contribution < -0.4 is 19.1 Å². The van der Waals surface area contributed by atoms with Crippen molar-refractivity contribution in [2.45, 2.75) is 38.3 Å². The first-order chi connectivity index (χ1) is 14.7. The monoisotopic (exact) mass is 408 g/mol. The first kappa shape index (κ1) is 18.8. The van der Waals surface area contributed by atoms with Gasteiger partial charge in [0.25, 0.3) is 5.91 Å². The van der Waals surface area contributed by atoms with Gasteiger partial charge < -0.3 is 19.1 Å². The zero-order chi connectivity index (χ0) is 20.5. The molecule has 0 bridgehead atoms. The minimum Gasteiger partial charge on any atom is -0.482 e. The number of ether oxygens (including phenoxy) is 3. The summed E-state index contributed by atoms with van der Waals surface area (Å²) in [5.41, 5.74) is 1.64. The summed E-state index contributed by atoms with van der Waals surface area (Å²) in [6.45, 7) is 0.680. The highest BCUT2D eigenvalue weighted by Crippen LogP contribution is 2.35. The fourth-order valence-electron chi connectivity index (χ4n) is 4.43. The molecule has 5 rings (SSSR count). The summed E-state index contributed by atoms with van der Waals surface area (Å²) in [4.78, 5) is 29.4. The van der Waals surface area contributed by atoms with E-state index in [1.807, 2.05) is 47.4 Å². The quantitative estimate of drug-likeness (QED) is 0.761. The normalized spacial score (nSPS) is 17.6. The largest absolute Gasteiger partial charge is 0.482 e. The van der Waals surface area contributed by atoms with E-state index in [1.165, 1.54) is 0 Å². The van der Waals surface area contributed by atoms with E-state index in [-0.39, 0.29) is 37.8 Å². The number of nitrogens with zero attached hydrogens (tertiary/aromatic N) is 2. The molecule has 2 heterocycles. The molecule has 7 heteroatoms. The number of benzene rings is 2. The van der Waals surface area contributed by atoms with E-state index in [4.69, 9.17) is 14.2 Å². The maximum atomic E-state index is 13.4. The standard InChI is InChI=1S/C23H24N2O5/c26-22(13-25-18-7-3-4-8-19(18)28-14-23(25)27)24(17-5-1-2-6-17)12-16-9-10-20-21(11-16)30-15-29-20/h3-4,7-11,17H,1-2,5-6,12-15H2. The lowest BCUT2D eigenvalue weighted by molar-refractivity contribution is -0.134. The number of para-hydroxylation sites is 2. The lowest BCUT2D eigenvalue weighted by atomic mass is 10.1. The van der Waals surface area contributed by atoms with Crippen LogP contribution in [0.15, 0.2) is 42.5 Å². The highest BCUT2D eigenvalue weighted by Gasteiger charge is 2.32. The van der Waals surface area contributed by atoms with Gasteiger partial charge in [-0.05, 0) is 42.7 Å². The molecule has 2 aliphatic heterocycles. The number of carbonyl (C=O) groups excluding carboxylic acids is 2. The number of carbonyl (C=O) groups is 2. The van der Waals surface area contributed by atoms with Crippen molar-refractivity contribution in [3.8, 4) is 17.2 Å². The molecule has 30 heavy (non-hydrogen) atoms. The lowest BCUT2D eigenvalue weighted by Gasteiger charge is -2.34. The van der Waals surface area contributed by atoms with Crippen LogP contribution in [-0.2, 0) is 16.1 Å². The molecule has 0 aromatic heterocycles. The fourth-order valence-corrected chi connectivity index (χ4v) is 4.43. The van der Waals surface area contributed by atoms with Crippen LogP contribution in [0.2, 0.25) is 0 Å². The topological polar surface area (TPSA) is 68.3 Å². The Kier molecular flexibility index (Phi) is 4.94. The second-order valence-corrected chi connectivity index (χ2v) is 7.88. The third kappa shape index (κ3) is 3.56. The van der Waals surface area contributed by atoms with Gasteiger partial charge in [0.15, 0.2) is 18.1 Å². The van der Waals surface area contributed by atoms with Gasteiger partial charge in [-0.25, -0.2) is 0 Å².